The fourth-order valence-electron chi connectivity index (χ4n) is 3.22. The number of methoxy groups -OCH3 is 1. The van der Waals surface area contributed by atoms with Crippen LogP contribution in [0.5, 0.6) is 5.75 Å². The highest BCUT2D eigenvalue weighted by atomic mass is 19.1. The van der Waals surface area contributed by atoms with Crippen molar-refractivity contribution in [1.82, 2.24) is 9.88 Å². The van der Waals surface area contributed by atoms with Crippen LogP contribution in [-0.4, -0.2) is 34.7 Å². The van der Waals surface area contributed by atoms with E-state index in [9.17, 15) is 9.50 Å². The molecular formula is C18H21FN2O2. The molecule has 1 saturated heterocycles. The maximum atomic E-state index is 13.5. The maximum absolute atomic E-state index is 13.5. The summed E-state index contributed by atoms with van der Waals surface area (Å²) in [4.78, 5) is 6.68. The van der Waals surface area contributed by atoms with Crippen LogP contribution in [0.1, 0.15) is 29.4 Å². The van der Waals surface area contributed by atoms with Gasteiger partial charge in [-0.15, -0.1) is 0 Å². The van der Waals surface area contributed by atoms with E-state index in [0.717, 1.165) is 22.7 Å². The molecule has 1 N–H and O–H groups in total. The molecule has 1 fully saturated rings. The summed E-state index contributed by atoms with van der Waals surface area (Å²) < 4.78 is 18.8. The Kier molecular flexibility index (Phi) is 4.59. The second-order valence-electron chi connectivity index (χ2n) is 6.03. The third kappa shape index (κ3) is 3.68. The van der Waals surface area contributed by atoms with Crippen LogP contribution < -0.4 is 4.74 Å². The Morgan fingerprint density at radius 2 is 2.17 bits per heavy atom. The second kappa shape index (κ2) is 6.64. The van der Waals surface area contributed by atoms with E-state index < -0.39 is 6.10 Å². The summed E-state index contributed by atoms with van der Waals surface area (Å²) in [5.41, 5.74) is 2.67. The van der Waals surface area contributed by atoms with Crippen molar-refractivity contribution in [2.75, 3.05) is 13.7 Å². The molecule has 1 aromatic heterocycles. The molecule has 2 atom stereocenters. The summed E-state index contributed by atoms with van der Waals surface area (Å²) in [7, 11) is 1.63. The summed E-state index contributed by atoms with van der Waals surface area (Å²) >= 11 is 0. The van der Waals surface area contributed by atoms with Crippen molar-refractivity contribution < 1.29 is 14.2 Å². The second-order valence-corrected chi connectivity index (χ2v) is 6.03. The molecule has 1 aromatic carbocycles. The quantitative estimate of drug-likeness (QED) is 0.942. The van der Waals surface area contributed by atoms with E-state index in [1.165, 1.54) is 6.07 Å². The van der Waals surface area contributed by atoms with E-state index in [0.29, 0.717) is 19.5 Å². The number of nitrogens with zero attached hydrogens (tertiary/aromatic N) is 2. The minimum Gasteiger partial charge on any atom is -0.497 e. The van der Waals surface area contributed by atoms with Gasteiger partial charge in [0.25, 0.3) is 0 Å². The van der Waals surface area contributed by atoms with Gasteiger partial charge >= 0.3 is 0 Å². The highest BCUT2D eigenvalue weighted by Crippen LogP contribution is 2.33. The Morgan fingerprint density at radius 1 is 1.35 bits per heavy atom. The van der Waals surface area contributed by atoms with Crippen LogP contribution in [0.2, 0.25) is 0 Å². The molecule has 2 heterocycles. The van der Waals surface area contributed by atoms with Crippen LogP contribution in [0.25, 0.3) is 0 Å². The Labute approximate surface area is 135 Å². The number of halogens is 1. The molecule has 4 nitrogen and oxygen atoms in total. The molecule has 0 amide bonds. The van der Waals surface area contributed by atoms with Crippen LogP contribution in [-0.2, 0) is 6.54 Å². The van der Waals surface area contributed by atoms with Gasteiger partial charge in [-0.25, -0.2) is 4.39 Å². The fourth-order valence-corrected chi connectivity index (χ4v) is 3.22. The Hall–Kier alpha value is -1.98. The van der Waals surface area contributed by atoms with Crippen LogP contribution in [0.15, 0.2) is 36.4 Å². The molecule has 0 saturated carbocycles. The summed E-state index contributed by atoms with van der Waals surface area (Å²) in [5.74, 6) is 0.522. The predicted octanol–water partition coefficient (Wildman–Crippen LogP) is 2.85. The number of pyridine rings is 1. The fraction of sp³-hybridized carbons (Fsp3) is 0.389. The number of aryl methyl sites for hydroxylation is 1. The van der Waals surface area contributed by atoms with Crippen molar-refractivity contribution in [2.45, 2.75) is 32.0 Å². The lowest BCUT2D eigenvalue weighted by molar-refractivity contribution is 0.172. The van der Waals surface area contributed by atoms with Crippen LogP contribution in [0.3, 0.4) is 0 Å². The highest BCUT2D eigenvalue weighted by molar-refractivity contribution is 5.27. The first-order valence-corrected chi connectivity index (χ1v) is 7.74. The molecule has 122 valence electrons. The van der Waals surface area contributed by atoms with Crippen molar-refractivity contribution in [3.8, 4) is 5.75 Å². The average molecular weight is 316 g/mol. The molecular weight excluding hydrogens is 295 g/mol. The first kappa shape index (κ1) is 15.9. The number of ether oxygens (including phenoxy) is 1. The Balaban J connectivity index is 1.84. The highest BCUT2D eigenvalue weighted by Gasteiger charge is 2.32. The zero-order valence-corrected chi connectivity index (χ0v) is 13.4. The molecule has 0 radical (unpaired) electrons. The summed E-state index contributed by atoms with van der Waals surface area (Å²) in [6.07, 6.45) is 0.196. The predicted molar refractivity (Wildman–Crippen MR) is 85.7 cm³/mol. The molecule has 0 unspecified atom stereocenters. The van der Waals surface area contributed by atoms with Crippen LogP contribution in [0, 0.1) is 12.7 Å². The van der Waals surface area contributed by atoms with Gasteiger partial charge in [0.15, 0.2) is 0 Å². The van der Waals surface area contributed by atoms with E-state index >= 15 is 0 Å². The Morgan fingerprint density at radius 3 is 2.91 bits per heavy atom. The molecule has 23 heavy (non-hydrogen) atoms. The summed E-state index contributed by atoms with van der Waals surface area (Å²) in [5, 5.41) is 10.1. The lowest BCUT2D eigenvalue weighted by atomic mass is 10.0. The number of benzene rings is 1. The normalized spacial score (nSPS) is 21.6. The zero-order chi connectivity index (χ0) is 16.4. The number of hydrogen-bond donors (Lipinski definition) is 1. The maximum Gasteiger partial charge on any atom is 0.123 e. The Bertz CT molecular complexity index is 692. The number of aliphatic hydroxyl groups excluding tert-OH is 1. The van der Waals surface area contributed by atoms with Gasteiger partial charge in [0.05, 0.1) is 18.9 Å². The molecule has 2 aromatic rings. The summed E-state index contributed by atoms with van der Waals surface area (Å²) in [6, 6.07) is 10.4. The number of aromatic nitrogens is 1. The van der Waals surface area contributed by atoms with E-state index in [1.54, 1.807) is 19.2 Å². The molecule has 0 bridgehead atoms. The number of β-amino-alcohol motifs (C(OH)–C–C–N with tert-alkyl or cyclic N) is 1. The number of rotatable bonds is 4. The van der Waals surface area contributed by atoms with Crippen molar-refractivity contribution in [2.24, 2.45) is 0 Å². The van der Waals surface area contributed by atoms with Crippen LogP contribution in [0.4, 0.5) is 4.39 Å². The molecule has 1 aliphatic rings. The van der Waals surface area contributed by atoms with Gasteiger partial charge in [-0.1, -0.05) is 12.1 Å². The lowest BCUT2D eigenvalue weighted by Gasteiger charge is -2.24. The zero-order valence-electron chi connectivity index (χ0n) is 13.4. The van der Waals surface area contributed by atoms with E-state index in [-0.39, 0.29) is 11.9 Å². The third-order valence-corrected chi connectivity index (χ3v) is 4.20. The van der Waals surface area contributed by atoms with E-state index in [2.05, 4.69) is 9.88 Å². The molecule has 0 spiro atoms. The largest absolute Gasteiger partial charge is 0.497 e. The lowest BCUT2D eigenvalue weighted by Crippen LogP contribution is -2.25. The van der Waals surface area contributed by atoms with E-state index in [4.69, 9.17) is 4.74 Å². The first-order valence-electron chi connectivity index (χ1n) is 7.74. The van der Waals surface area contributed by atoms with Gasteiger partial charge < -0.3 is 9.84 Å². The van der Waals surface area contributed by atoms with Gasteiger partial charge in [-0.2, -0.15) is 0 Å². The topological polar surface area (TPSA) is 45.6 Å². The monoisotopic (exact) mass is 316 g/mol. The van der Waals surface area contributed by atoms with Gasteiger partial charge in [0.2, 0.25) is 0 Å². The van der Waals surface area contributed by atoms with Crippen molar-refractivity contribution in [3.05, 3.63) is 59.2 Å². The van der Waals surface area contributed by atoms with Gasteiger partial charge in [0.1, 0.15) is 11.6 Å². The number of hydrogen-bond acceptors (Lipinski definition) is 4. The van der Waals surface area contributed by atoms with E-state index in [1.807, 2.05) is 25.1 Å². The van der Waals surface area contributed by atoms with Crippen molar-refractivity contribution >= 4 is 0 Å². The third-order valence-electron chi connectivity index (χ3n) is 4.20. The SMILES string of the molecule is COc1cc(C)nc(CN2C[C@@H](O)C[C@H]2c2cccc(F)c2)c1. The molecule has 3 rings (SSSR count). The number of aliphatic hydroxyl groups is 1. The summed E-state index contributed by atoms with van der Waals surface area (Å²) in [6.45, 7) is 3.07. The van der Waals surface area contributed by atoms with Gasteiger partial charge in [0, 0.05) is 37.0 Å². The van der Waals surface area contributed by atoms with Gasteiger partial charge in [-0.3, -0.25) is 9.88 Å². The van der Waals surface area contributed by atoms with Crippen molar-refractivity contribution in [1.29, 1.82) is 0 Å². The molecule has 5 heteroatoms. The minimum absolute atomic E-state index is 0.00555. The number of likely N-dealkylation sites (tertiary alicyclic amines) is 1. The van der Waals surface area contributed by atoms with Crippen LogP contribution >= 0.6 is 0 Å². The molecule has 0 aliphatic carbocycles. The average Bonchev–Trinajstić information content (AvgIpc) is 2.87. The molecule has 1 aliphatic heterocycles. The standard InChI is InChI=1S/C18H21FN2O2/c1-12-6-17(23-2)8-15(20-12)10-21-11-16(22)9-18(21)13-4-3-5-14(19)7-13/h3-8,16,18,22H,9-11H2,1-2H3/t16-,18-/m0/s1. The minimum atomic E-state index is -0.407. The first-order chi connectivity index (χ1) is 11.0. The smallest absolute Gasteiger partial charge is 0.123 e. The van der Waals surface area contributed by atoms with Gasteiger partial charge in [-0.05, 0) is 31.0 Å². The van der Waals surface area contributed by atoms with Crippen molar-refractivity contribution in [3.63, 3.8) is 0 Å².